The first-order valence-corrected chi connectivity index (χ1v) is 7.52. The molecule has 0 aromatic rings. The average Bonchev–Trinajstić information content (AvgIpc) is 2.20. The maximum Gasteiger partial charge on any atom is 0.280 e. The summed E-state index contributed by atoms with van der Waals surface area (Å²) in [5, 5.41) is 0. The van der Waals surface area contributed by atoms with Gasteiger partial charge in [-0.15, -0.1) is 0 Å². The van der Waals surface area contributed by atoms with E-state index < -0.39 is 8.56 Å². The molecule has 0 aliphatic rings. The Morgan fingerprint density at radius 3 is 1.77 bits per heavy atom. The molecule has 3 N–H and O–H groups in total. The Balaban J connectivity index is 3.68. The second kappa shape index (κ2) is 7.50. The second-order valence-corrected chi connectivity index (χ2v) is 7.28. The molecular formula is C9H25N3Si. The lowest BCUT2D eigenvalue weighted by Crippen LogP contribution is -2.69. The summed E-state index contributed by atoms with van der Waals surface area (Å²) in [4.78, 5) is 10.2. The number of rotatable bonds is 8. The standard InChI is InChI=1S/C9H25N3Si/c1-5-6-7-8-9-13(10-2,11-3)12-4/h10-12H,5-9H2,1-4H3. The fourth-order valence-corrected chi connectivity index (χ4v) is 3.85. The van der Waals surface area contributed by atoms with Crippen LogP contribution in [0.15, 0.2) is 0 Å². The second-order valence-electron chi connectivity index (χ2n) is 3.47. The van der Waals surface area contributed by atoms with Gasteiger partial charge < -0.3 is 14.9 Å². The van der Waals surface area contributed by atoms with E-state index in [2.05, 4.69) is 21.9 Å². The zero-order valence-electron chi connectivity index (χ0n) is 9.54. The van der Waals surface area contributed by atoms with Crippen molar-refractivity contribution >= 4 is 8.56 Å². The molecule has 0 fully saturated rings. The van der Waals surface area contributed by atoms with Crippen molar-refractivity contribution in [3.63, 3.8) is 0 Å². The summed E-state index contributed by atoms with van der Waals surface area (Å²) in [5.41, 5.74) is 0. The first kappa shape index (κ1) is 13.1. The zero-order valence-corrected chi connectivity index (χ0v) is 10.5. The van der Waals surface area contributed by atoms with Gasteiger partial charge in [0.2, 0.25) is 0 Å². The van der Waals surface area contributed by atoms with Crippen LogP contribution >= 0.6 is 0 Å². The van der Waals surface area contributed by atoms with Gasteiger partial charge in [0, 0.05) is 0 Å². The number of nitrogens with one attached hydrogen (secondary N) is 3. The summed E-state index contributed by atoms with van der Waals surface area (Å²) in [7, 11) is 4.60. The maximum atomic E-state index is 3.41. The molecule has 13 heavy (non-hydrogen) atoms. The highest BCUT2D eigenvalue weighted by Crippen LogP contribution is 2.07. The topological polar surface area (TPSA) is 36.1 Å². The van der Waals surface area contributed by atoms with Crippen LogP contribution in [0.5, 0.6) is 0 Å². The zero-order chi connectivity index (χ0) is 10.2. The molecular weight excluding hydrogens is 178 g/mol. The van der Waals surface area contributed by atoms with Gasteiger partial charge in [0.15, 0.2) is 0 Å². The van der Waals surface area contributed by atoms with Crippen molar-refractivity contribution in [1.82, 2.24) is 14.9 Å². The molecule has 80 valence electrons. The van der Waals surface area contributed by atoms with E-state index in [-0.39, 0.29) is 0 Å². The number of hydrogen-bond donors (Lipinski definition) is 3. The van der Waals surface area contributed by atoms with Gasteiger partial charge in [-0.25, -0.2) is 0 Å². The van der Waals surface area contributed by atoms with Crippen LogP contribution in [0.2, 0.25) is 6.04 Å². The summed E-state index contributed by atoms with van der Waals surface area (Å²) >= 11 is 0. The molecule has 0 saturated heterocycles. The summed E-state index contributed by atoms with van der Waals surface area (Å²) < 4.78 is 0. The average molecular weight is 203 g/mol. The quantitative estimate of drug-likeness (QED) is 0.409. The predicted molar refractivity (Wildman–Crippen MR) is 61.9 cm³/mol. The molecule has 0 unspecified atom stereocenters. The lowest BCUT2D eigenvalue weighted by atomic mass is 10.2. The third-order valence-corrected chi connectivity index (χ3v) is 6.35. The van der Waals surface area contributed by atoms with Crippen molar-refractivity contribution < 1.29 is 0 Å². The van der Waals surface area contributed by atoms with Gasteiger partial charge >= 0.3 is 0 Å². The Morgan fingerprint density at radius 1 is 0.846 bits per heavy atom. The molecule has 0 aromatic carbocycles. The van der Waals surface area contributed by atoms with Crippen LogP contribution < -0.4 is 14.9 Å². The molecule has 0 aliphatic carbocycles. The minimum atomic E-state index is -1.52. The first-order chi connectivity index (χ1) is 6.24. The molecule has 0 aliphatic heterocycles. The van der Waals surface area contributed by atoms with E-state index in [9.17, 15) is 0 Å². The van der Waals surface area contributed by atoms with E-state index in [4.69, 9.17) is 0 Å². The smallest absolute Gasteiger partial charge is 0.280 e. The number of unbranched alkanes of at least 4 members (excludes halogenated alkanes) is 3. The van der Waals surface area contributed by atoms with E-state index in [1.807, 2.05) is 21.1 Å². The van der Waals surface area contributed by atoms with E-state index in [0.29, 0.717) is 0 Å². The lowest BCUT2D eigenvalue weighted by Gasteiger charge is -2.29. The van der Waals surface area contributed by atoms with E-state index in [0.717, 1.165) is 0 Å². The fraction of sp³-hybridized carbons (Fsp3) is 1.00. The van der Waals surface area contributed by atoms with Gasteiger partial charge in [-0.1, -0.05) is 32.6 Å². The molecule has 0 radical (unpaired) electrons. The summed E-state index contributed by atoms with van der Waals surface area (Å²) in [6.45, 7) is 2.25. The monoisotopic (exact) mass is 203 g/mol. The summed E-state index contributed by atoms with van der Waals surface area (Å²) in [6, 6.07) is 1.26. The van der Waals surface area contributed by atoms with Gasteiger partial charge in [-0.05, 0) is 27.2 Å². The fourth-order valence-electron chi connectivity index (χ4n) is 1.57. The Morgan fingerprint density at radius 2 is 1.38 bits per heavy atom. The normalized spacial score (nSPS) is 12.0. The Bertz CT molecular complexity index is 107. The highest BCUT2D eigenvalue weighted by Gasteiger charge is 2.27. The molecule has 0 atom stereocenters. The third kappa shape index (κ3) is 4.76. The lowest BCUT2D eigenvalue weighted by molar-refractivity contribution is 0.683. The first-order valence-electron chi connectivity index (χ1n) is 5.31. The van der Waals surface area contributed by atoms with Crippen molar-refractivity contribution in [3.05, 3.63) is 0 Å². The van der Waals surface area contributed by atoms with E-state index in [1.165, 1.54) is 31.7 Å². The molecule has 0 heterocycles. The van der Waals surface area contributed by atoms with Crippen molar-refractivity contribution in [2.24, 2.45) is 0 Å². The Labute approximate surface area is 83.9 Å². The van der Waals surface area contributed by atoms with Crippen LogP contribution in [0.25, 0.3) is 0 Å². The SMILES string of the molecule is CCCCCC[Si](NC)(NC)NC. The highest BCUT2D eigenvalue weighted by molar-refractivity contribution is 6.72. The van der Waals surface area contributed by atoms with Gasteiger partial charge in [0.25, 0.3) is 8.56 Å². The Kier molecular flexibility index (Phi) is 7.55. The van der Waals surface area contributed by atoms with Gasteiger partial charge in [0.05, 0.1) is 0 Å². The third-order valence-electron chi connectivity index (χ3n) is 2.69. The largest absolute Gasteiger partial charge is 0.316 e. The van der Waals surface area contributed by atoms with Gasteiger partial charge in [-0.2, -0.15) is 0 Å². The van der Waals surface area contributed by atoms with Crippen LogP contribution in [0, 0.1) is 0 Å². The van der Waals surface area contributed by atoms with Crippen molar-refractivity contribution in [3.8, 4) is 0 Å². The summed E-state index contributed by atoms with van der Waals surface area (Å²) in [5.74, 6) is 0. The molecule has 0 rings (SSSR count). The van der Waals surface area contributed by atoms with Crippen LogP contribution in [-0.4, -0.2) is 29.7 Å². The predicted octanol–water partition coefficient (Wildman–Crippen LogP) is 1.16. The minimum absolute atomic E-state index is 1.26. The molecule has 0 spiro atoms. The number of hydrogen-bond acceptors (Lipinski definition) is 3. The van der Waals surface area contributed by atoms with Crippen molar-refractivity contribution in [1.29, 1.82) is 0 Å². The van der Waals surface area contributed by atoms with Gasteiger partial charge in [0.1, 0.15) is 0 Å². The highest BCUT2D eigenvalue weighted by atomic mass is 28.4. The van der Waals surface area contributed by atoms with Gasteiger partial charge in [-0.3, -0.25) is 0 Å². The van der Waals surface area contributed by atoms with E-state index in [1.54, 1.807) is 0 Å². The van der Waals surface area contributed by atoms with Crippen LogP contribution in [0.3, 0.4) is 0 Å². The van der Waals surface area contributed by atoms with E-state index >= 15 is 0 Å². The summed E-state index contributed by atoms with van der Waals surface area (Å²) in [6.07, 6.45) is 5.35. The van der Waals surface area contributed by atoms with Crippen LogP contribution in [-0.2, 0) is 0 Å². The molecule has 0 bridgehead atoms. The van der Waals surface area contributed by atoms with Crippen LogP contribution in [0.1, 0.15) is 32.6 Å². The van der Waals surface area contributed by atoms with Crippen molar-refractivity contribution in [2.75, 3.05) is 21.1 Å². The Hall–Kier alpha value is 0.0969. The van der Waals surface area contributed by atoms with Crippen LogP contribution in [0.4, 0.5) is 0 Å². The minimum Gasteiger partial charge on any atom is -0.316 e. The molecule has 4 heteroatoms. The molecule has 0 amide bonds. The molecule has 0 saturated carbocycles. The molecule has 0 aromatic heterocycles. The van der Waals surface area contributed by atoms with Crippen molar-refractivity contribution in [2.45, 2.75) is 38.7 Å². The maximum absolute atomic E-state index is 3.41. The molecule has 3 nitrogen and oxygen atoms in total.